The van der Waals surface area contributed by atoms with Crippen LogP contribution in [0.5, 0.6) is 0 Å². The van der Waals surface area contributed by atoms with Gasteiger partial charge in [-0.2, -0.15) is 0 Å². The van der Waals surface area contributed by atoms with E-state index in [1.54, 1.807) is 48.5 Å². The summed E-state index contributed by atoms with van der Waals surface area (Å²) in [5.41, 5.74) is 2.63. The van der Waals surface area contributed by atoms with Gasteiger partial charge in [-0.15, -0.1) is 0 Å². The van der Waals surface area contributed by atoms with Gasteiger partial charge in [-0.25, -0.2) is 5.01 Å². The van der Waals surface area contributed by atoms with Crippen LogP contribution in [0.2, 0.25) is 10.0 Å². The lowest BCUT2D eigenvalue weighted by molar-refractivity contribution is -0.0835. The van der Waals surface area contributed by atoms with Crippen molar-refractivity contribution in [2.75, 3.05) is 0 Å². The molecule has 2 aromatic rings. The molecule has 4 nitrogen and oxygen atoms in total. The van der Waals surface area contributed by atoms with Crippen LogP contribution in [0, 0.1) is 0 Å². The molecule has 1 fully saturated rings. The maximum absolute atomic E-state index is 12.8. The van der Waals surface area contributed by atoms with Crippen LogP contribution in [0.3, 0.4) is 0 Å². The molecule has 0 spiro atoms. The number of nitrogens with one attached hydrogen (secondary N) is 1. The Balaban J connectivity index is 2.03. The van der Waals surface area contributed by atoms with Crippen molar-refractivity contribution >= 4 is 29.1 Å². The highest BCUT2D eigenvalue weighted by atomic mass is 35.5. The fraction of sp³-hybridized carbons (Fsp3) is 0.118. The average Bonchev–Trinajstić information content (AvgIpc) is 2.83. The molecule has 0 bridgehead atoms. The Morgan fingerprint density at radius 3 is 2.48 bits per heavy atom. The van der Waals surface area contributed by atoms with Gasteiger partial charge in [0.2, 0.25) is 0 Å². The molecule has 3 rings (SSSR count). The number of rotatable bonds is 2. The Bertz CT molecular complexity index is 776. The molecule has 1 amide bonds. The van der Waals surface area contributed by atoms with Gasteiger partial charge in [-0.05, 0) is 24.3 Å². The predicted molar refractivity (Wildman–Crippen MR) is 89.9 cm³/mol. The summed E-state index contributed by atoms with van der Waals surface area (Å²) in [5, 5.41) is 13.1. The maximum atomic E-state index is 12.8. The molecule has 23 heavy (non-hydrogen) atoms. The lowest BCUT2D eigenvalue weighted by Gasteiger charge is -2.32. The Kier molecular flexibility index (Phi) is 4.06. The minimum atomic E-state index is -1.56. The topological polar surface area (TPSA) is 52.6 Å². The summed E-state index contributed by atoms with van der Waals surface area (Å²) < 4.78 is 0. The first-order valence-corrected chi connectivity index (χ1v) is 7.69. The van der Waals surface area contributed by atoms with E-state index < -0.39 is 11.6 Å². The number of amides is 1. The zero-order valence-corrected chi connectivity index (χ0v) is 13.6. The molecule has 1 unspecified atom stereocenters. The van der Waals surface area contributed by atoms with Crippen molar-refractivity contribution in [1.82, 2.24) is 10.4 Å². The molecule has 0 saturated carbocycles. The van der Waals surface area contributed by atoms with Crippen molar-refractivity contribution in [3.8, 4) is 0 Å². The van der Waals surface area contributed by atoms with Crippen LogP contribution in [-0.4, -0.2) is 16.0 Å². The molecular weight excluding hydrogens is 335 g/mol. The van der Waals surface area contributed by atoms with Gasteiger partial charge in [0.15, 0.2) is 5.72 Å². The number of halogens is 2. The number of benzene rings is 2. The summed E-state index contributed by atoms with van der Waals surface area (Å²) in [4.78, 5) is 12.8. The van der Waals surface area contributed by atoms with E-state index in [1.807, 2.05) is 0 Å². The SMILES string of the molecule is C=C1CC(O)(c2ccc(Cl)cc2)N(C(=O)c2ccccc2Cl)N1. The second-order valence-electron chi connectivity index (χ2n) is 5.34. The Morgan fingerprint density at radius 2 is 1.83 bits per heavy atom. The number of carbonyl (C=O) groups is 1. The van der Waals surface area contributed by atoms with Crippen molar-refractivity contribution in [2.24, 2.45) is 0 Å². The summed E-state index contributed by atoms with van der Waals surface area (Å²) in [7, 11) is 0. The molecule has 1 aliphatic heterocycles. The molecule has 1 aliphatic rings. The van der Waals surface area contributed by atoms with E-state index in [9.17, 15) is 9.90 Å². The summed E-state index contributed by atoms with van der Waals surface area (Å²) in [6.07, 6.45) is 0.171. The molecular formula is C17H14Cl2N2O2. The highest BCUT2D eigenvalue weighted by Crippen LogP contribution is 2.37. The molecule has 2 aromatic carbocycles. The van der Waals surface area contributed by atoms with Crippen LogP contribution in [0.25, 0.3) is 0 Å². The molecule has 1 atom stereocenters. The van der Waals surface area contributed by atoms with Crippen LogP contribution in [0.15, 0.2) is 60.8 Å². The minimum absolute atomic E-state index is 0.171. The Labute approximate surface area is 143 Å². The smallest absolute Gasteiger partial charge is 0.276 e. The van der Waals surface area contributed by atoms with Gasteiger partial charge in [0, 0.05) is 22.7 Å². The highest BCUT2D eigenvalue weighted by Gasteiger charge is 2.46. The minimum Gasteiger partial charge on any atom is -0.365 e. The fourth-order valence-electron chi connectivity index (χ4n) is 2.59. The fourth-order valence-corrected chi connectivity index (χ4v) is 2.93. The molecule has 1 saturated heterocycles. The quantitative estimate of drug-likeness (QED) is 0.869. The lowest BCUT2D eigenvalue weighted by atomic mass is 9.98. The first kappa shape index (κ1) is 15.9. The zero-order valence-electron chi connectivity index (χ0n) is 12.1. The first-order valence-electron chi connectivity index (χ1n) is 6.94. The molecule has 118 valence electrons. The molecule has 2 N–H and O–H groups in total. The van der Waals surface area contributed by atoms with Crippen molar-refractivity contribution in [2.45, 2.75) is 12.1 Å². The number of hydrogen-bond donors (Lipinski definition) is 2. The molecule has 1 heterocycles. The van der Waals surface area contributed by atoms with E-state index in [0.29, 0.717) is 26.9 Å². The van der Waals surface area contributed by atoms with E-state index in [1.165, 1.54) is 0 Å². The van der Waals surface area contributed by atoms with Crippen molar-refractivity contribution in [3.05, 3.63) is 82.0 Å². The van der Waals surface area contributed by atoms with Crippen molar-refractivity contribution < 1.29 is 9.90 Å². The Hall–Kier alpha value is -2.01. The van der Waals surface area contributed by atoms with Crippen LogP contribution in [0.4, 0.5) is 0 Å². The maximum Gasteiger partial charge on any atom is 0.276 e. The van der Waals surface area contributed by atoms with E-state index >= 15 is 0 Å². The van der Waals surface area contributed by atoms with E-state index in [-0.39, 0.29) is 6.42 Å². The summed E-state index contributed by atoms with van der Waals surface area (Å²) in [6.45, 7) is 3.82. The van der Waals surface area contributed by atoms with Gasteiger partial charge in [0.1, 0.15) is 0 Å². The summed E-state index contributed by atoms with van der Waals surface area (Å²) in [6, 6.07) is 13.4. The van der Waals surface area contributed by atoms with Crippen LogP contribution < -0.4 is 5.43 Å². The van der Waals surface area contributed by atoms with E-state index in [0.717, 1.165) is 5.01 Å². The standard InChI is InChI=1S/C17H14Cl2N2O2/c1-11-10-17(23,12-6-8-13(18)9-7-12)21(20-11)16(22)14-4-2-3-5-15(14)19/h2-9,20,23H,1,10H2. The largest absolute Gasteiger partial charge is 0.365 e. The normalized spacial score (nSPS) is 20.5. The third-order valence-electron chi connectivity index (χ3n) is 3.71. The second-order valence-corrected chi connectivity index (χ2v) is 6.18. The van der Waals surface area contributed by atoms with Gasteiger partial charge in [0.25, 0.3) is 5.91 Å². The van der Waals surface area contributed by atoms with E-state index in [2.05, 4.69) is 12.0 Å². The van der Waals surface area contributed by atoms with Crippen LogP contribution in [0.1, 0.15) is 22.3 Å². The van der Waals surface area contributed by atoms with Gasteiger partial charge >= 0.3 is 0 Å². The van der Waals surface area contributed by atoms with Gasteiger partial charge in [-0.1, -0.05) is 54.0 Å². The summed E-state index contributed by atoms with van der Waals surface area (Å²) >= 11 is 12.0. The molecule has 0 radical (unpaired) electrons. The van der Waals surface area contributed by atoms with Crippen LogP contribution >= 0.6 is 23.2 Å². The number of nitrogens with zero attached hydrogens (tertiary/aromatic N) is 1. The van der Waals surface area contributed by atoms with Crippen molar-refractivity contribution in [3.63, 3.8) is 0 Å². The Morgan fingerprint density at radius 1 is 1.17 bits per heavy atom. The molecule has 6 heteroatoms. The third-order valence-corrected chi connectivity index (χ3v) is 4.30. The number of aliphatic hydroxyl groups is 1. The average molecular weight is 349 g/mol. The third kappa shape index (κ3) is 2.81. The number of hydrazine groups is 1. The van der Waals surface area contributed by atoms with Gasteiger partial charge < -0.3 is 5.11 Å². The molecule has 0 aromatic heterocycles. The number of carbonyl (C=O) groups excluding carboxylic acids is 1. The number of hydrogen-bond acceptors (Lipinski definition) is 3. The lowest BCUT2D eigenvalue weighted by Crippen LogP contribution is -2.49. The van der Waals surface area contributed by atoms with Gasteiger partial charge in [-0.3, -0.25) is 10.2 Å². The summed E-state index contributed by atoms with van der Waals surface area (Å²) in [5.74, 6) is -0.438. The second kappa shape index (κ2) is 5.89. The van der Waals surface area contributed by atoms with Gasteiger partial charge in [0.05, 0.1) is 10.6 Å². The zero-order chi connectivity index (χ0) is 16.6. The first-order chi connectivity index (χ1) is 10.9. The monoisotopic (exact) mass is 348 g/mol. The van der Waals surface area contributed by atoms with Crippen LogP contribution in [-0.2, 0) is 5.72 Å². The van der Waals surface area contributed by atoms with E-state index in [4.69, 9.17) is 23.2 Å². The molecule has 0 aliphatic carbocycles. The van der Waals surface area contributed by atoms with Crippen molar-refractivity contribution in [1.29, 1.82) is 0 Å². The highest BCUT2D eigenvalue weighted by molar-refractivity contribution is 6.33. The predicted octanol–water partition coefficient (Wildman–Crippen LogP) is 3.70.